The maximum absolute atomic E-state index is 12.3. The van der Waals surface area contributed by atoms with Crippen LogP contribution >= 0.6 is 27.5 Å². The van der Waals surface area contributed by atoms with Crippen LogP contribution in [0.2, 0.25) is 5.02 Å². The highest BCUT2D eigenvalue weighted by atomic mass is 79.9. The minimum absolute atomic E-state index is 0.0384. The van der Waals surface area contributed by atoms with E-state index in [1.807, 2.05) is 24.3 Å². The number of anilines is 2. The molecule has 0 saturated carbocycles. The number of benzene rings is 2. The topological polar surface area (TPSA) is 49.4 Å². The van der Waals surface area contributed by atoms with E-state index in [1.165, 1.54) is 0 Å². The molecule has 0 spiro atoms. The molecule has 0 aliphatic carbocycles. The molecule has 23 heavy (non-hydrogen) atoms. The lowest BCUT2D eigenvalue weighted by Gasteiger charge is -2.16. The zero-order valence-electron chi connectivity index (χ0n) is 12.1. The molecule has 1 fully saturated rings. The van der Waals surface area contributed by atoms with Crippen molar-refractivity contribution in [3.63, 3.8) is 0 Å². The fourth-order valence-electron chi connectivity index (χ4n) is 2.53. The number of hydrogen-bond acceptors (Lipinski definition) is 2. The highest BCUT2D eigenvalue weighted by Gasteiger charge is 2.35. The number of amides is 2. The summed E-state index contributed by atoms with van der Waals surface area (Å²) in [6, 6.07) is 14.4. The summed E-state index contributed by atoms with van der Waals surface area (Å²) >= 11 is 9.19. The normalized spacial score (nSPS) is 17.4. The van der Waals surface area contributed by atoms with Gasteiger partial charge in [0, 0.05) is 33.8 Å². The fourth-order valence-corrected chi connectivity index (χ4v) is 2.92. The van der Waals surface area contributed by atoms with E-state index in [1.54, 1.807) is 29.2 Å². The van der Waals surface area contributed by atoms with Crippen LogP contribution in [0.15, 0.2) is 53.0 Å². The summed E-state index contributed by atoms with van der Waals surface area (Å²) in [6.45, 7) is 0.389. The maximum Gasteiger partial charge on any atom is 0.229 e. The lowest BCUT2D eigenvalue weighted by molar-refractivity contribution is -0.122. The lowest BCUT2D eigenvalue weighted by atomic mass is 10.1. The molecule has 4 nitrogen and oxygen atoms in total. The Balaban J connectivity index is 1.68. The van der Waals surface area contributed by atoms with Gasteiger partial charge >= 0.3 is 0 Å². The maximum atomic E-state index is 12.3. The molecule has 0 radical (unpaired) electrons. The van der Waals surface area contributed by atoms with Crippen molar-refractivity contribution in [3.05, 3.63) is 58.0 Å². The molecule has 1 saturated heterocycles. The van der Waals surface area contributed by atoms with Gasteiger partial charge in [-0.15, -0.1) is 0 Å². The summed E-state index contributed by atoms with van der Waals surface area (Å²) in [5.74, 6) is -0.550. The number of halogens is 2. The van der Waals surface area contributed by atoms with Gasteiger partial charge in [0.15, 0.2) is 0 Å². The van der Waals surface area contributed by atoms with Crippen LogP contribution in [0, 0.1) is 5.92 Å². The van der Waals surface area contributed by atoms with Gasteiger partial charge < -0.3 is 10.2 Å². The van der Waals surface area contributed by atoms with Crippen molar-refractivity contribution in [1.82, 2.24) is 0 Å². The first kappa shape index (κ1) is 16.0. The van der Waals surface area contributed by atoms with Crippen LogP contribution in [0.4, 0.5) is 11.4 Å². The van der Waals surface area contributed by atoms with Gasteiger partial charge in [-0.25, -0.2) is 0 Å². The Morgan fingerprint density at radius 2 is 1.78 bits per heavy atom. The standard InChI is InChI=1S/C17H14BrClN2O2/c18-12-1-7-15(8-2-12)21-10-11(9-16(21)22)17(23)20-14-5-3-13(19)4-6-14/h1-8,11H,9-10H2,(H,20,23)/t11-/m0/s1. The average molecular weight is 394 g/mol. The molecule has 0 aromatic heterocycles. The number of nitrogens with zero attached hydrogens (tertiary/aromatic N) is 1. The predicted octanol–water partition coefficient (Wildman–Crippen LogP) is 4.09. The van der Waals surface area contributed by atoms with Gasteiger partial charge in [-0.1, -0.05) is 27.5 Å². The first-order valence-corrected chi connectivity index (χ1v) is 8.32. The SMILES string of the molecule is O=C(Nc1ccc(Cl)cc1)[C@H]1CC(=O)N(c2ccc(Br)cc2)C1. The monoisotopic (exact) mass is 392 g/mol. The Bertz CT molecular complexity index is 731. The third-order valence-corrected chi connectivity index (χ3v) is 4.53. The molecule has 1 atom stereocenters. The van der Waals surface area contributed by atoms with Crippen LogP contribution < -0.4 is 10.2 Å². The molecule has 2 amide bonds. The van der Waals surface area contributed by atoms with Crippen molar-refractivity contribution in [2.45, 2.75) is 6.42 Å². The van der Waals surface area contributed by atoms with E-state index in [-0.39, 0.29) is 24.2 Å². The second-order valence-corrected chi connectivity index (χ2v) is 6.73. The van der Waals surface area contributed by atoms with Gasteiger partial charge in [0.1, 0.15) is 0 Å². The molecule has 1 aliphatic rings. The number of nitrogens with one attached hydrogen (secondary N) is 1. The Labute approximate surface area is 147 Å². The second-order valence-electron chi connectivity index (χ2n) is 5.38. The first-order valence-electron chi connectivity index (χ1n) is 7.15. The molecular formula is C17H14BrClN2O2. The summed E-state index contributed by atoms with van der Waals surface area (Å²) in [7, 11) is 0. The molecule has 6 heteroatoms. The fraction of sp³-hybridized carbons (Fsp3) is 0.176. The van der Waals surface area contributed by atoms with E-state index in [9.17, 15) is 9.59 Å². The van der Waals surface area contributed by atoms with Gasteiger partial charge in [-0.3, -0.25) is 9.59 Å². The van der Waals surface area contributed by atoms with Crippen molar-refractivity contribution in [2.24, 2.45) is 5.92 Å². The Hall–Kier alpha value is -1.85. The molecule has 0 bridgehead atoms. The predicted molar refractivity (Wildman–Crippen MR) is 94.7 cm³/mol. The van der Waals surface area contributed by atoms with Crippen LogP contribution in [0.3, 0.4) is 0 Å². The zero-order chi connectivity index (χ0) is 16.4. The minimum Gasteiger partial charge on any atom is -0.326 e. The van der Waals surface area contributed by atoms with Gasteiger partial charge in [0.05, 0.1) is 5.92 Å². The van der Waals surface area contributed by atoms with E-state index in [0.717, 1.165) is 10.2 Å². The molecule has 0 unspecified atom stereocenters. The number of rotatable bonds is 3. The molecule has 3 rings (SSSR count). The van der Waals surface area contributed by atoms with E-state index in [0.29, 0.717) is 17.3 Å². The summed E-state index contributed by atoms with van der Waals surface area (Å²) in [4.78, 5) is 26.2. The van der Waals surface area contributed by atoms with Gasteiger partial charge in [0.2, 0.25) is 11.8 Å². The van der Waals surface area contributed by atoms with Crippen LogP contribution in [0.1, 0.15) is 6.42 Å². The molecular weight excluding hydrogens is 380 g/mol. The van der Waals surface area contributed by atoms with Crippen molar-refractivity contribution in [1.29, 1.82) is 0 Å². The summed E-state index contributed by atoms with van der Waals surface area (Å²) < 4.78 is 0.949. The largest absolute Gasteiger partial charge is 0.326 e. The van der Waals surface area contributed by atoms with Crippen LogP contribution in [-0.4, -0.2) is 18.4 Å². The van der Waals surface area contributed by atoms with Crippen molar-refractivity contribution < 1.29 is 9.59 Å². The summed E-state index contributed by atoms with van der Waals surface area (Å²) in [5, 5.41) is 3.44. The molecule has 1 aliphatic heterocycles. The Morgan fingerprint density at radius 3 is 2.43 bits per heavy atom. The lowest BCUT2D eigenvalue weighted by Crippen LogP contribution is -2.28. The van der Waals surface area contributed by atoms with Crippen molar-refractivity contribution in [3.8, 4) is 0 Å². The zero-order valence-corrected chi connectivity index (χ0v) is 14.5. The molecule has 1 heterocycles. The second kappa shape index (κ2) is 6.72. The molecule has 2 aromatic carbocycles. The van der Waals surface area contributed by atoms with E-state index >= 15 is 0 Å². The van der Waals surface area contributed by atoms with E-state index in [2.05, 4.69) is 21.2 Å². The number of hydrogen-bond donors (Lipinski definition) is 1. The van der Waals surface area contributed by atoms with Gasteiger partial charge in [0.25, 0.3) is 0 Å². The van der Waals surface area contributed by atoms with Crippen molar-refractivity contribution >= 4 is 50.7 Å². The Morgan fingerprint density at radius 1 is 1.13 bits per heavy atom. The number of carbonyl (C=O) groups excluding carboxylic acids is 2. The van der Waals surface area contributed by atoms with Gasteiger partial charge in [-0.05, 0) is 48.5 Å². The van der Waals surface area contributed by atoms with Crippen LogP contribution in [0.25, 0.3) is 0 Å². The third-order valence-electron chi connectivity index (χ3n) is 3.75. The minimum atomic E-state index is -0.359. The smallest absolute Gasteiger partial charge is 0.229 e. The molecule has 118 valence electrons. The van der Waals surface area contributed by atoms with Gasteiger partial charge in [-0.2, -0.15) is 0 Å². The summed E-state index contributed by atoms with van der Waals surface area (Å²) in [5.41, 5.74) is 1.48. The first-order chi connectivity index (χ1) is 11.0. The third kappa shape index (κ3) is 3.74. The van der Waals surface area contributed by atoms with Crippen LogP contribution in [0.5, 0.6) is 0 Å². The average Bonchev–Trinajstić information content (AvgIpc) is 2.92. The molecule has 1 N–H and O–H groups in total. The number of carbonyl (C=O) groups is 2. The van der Waals surface area contributed by atoms with Crippen molar-refractivity contribution in [2.75, 3.05) is 16.8 Å². The van der Waals surface area contributed by atoms with E-state index in [4.69, 9.17) is 11.6 Å². The quantitative estimate of drug-likeness (QED) is 0.854. The summed E-state index contributed by atoms with van der Waals surface area (Å²) in [6.07, 6.45) is 0.218. The van der Waals surface area contributed by atoms with Crippen LogP contribution in [-0.2, 0) is 9.59 Å². The Kier molecular flexibility index (Phi) is 4.68. The highest BCUT2D eigenvalue weighted by molar-refractivity contribution is 9.10. The highest BCUT2D eigenvalue weighted by Crippen LogP contribution is 2.27. The molecule has 2 aromatic rings. The van der Waals surface area contributed by atoms with E-state index < -0.39 is 0 Å².